The van der Waals surface area contributed by atoms with Crippen LogP contribution in [0, 0.1) is 5.95 Å². The maximum atomic E-state index is 14.4. The molecule has 0 radical (unpaired) electrons. The van der Waals surface area contributed by atoms with Gasteiger partial charge in [0.05, 0.1) is 17.4 Å². The van der Waals surface area contributed by atoms with Crippen LogP contribution in [0.15, 0.2) is 67.1 Å². The summed E-state index contributed by atoms with van der Waals surface area (Å²) in [7, 11) is 0. The van der Waals surface area contributed by atoms with Crippen molar-refractivity contribution >= 4 is 29.1 Å². The Labute approximate surface area is 147 Å². The molecular weight excluding hydrogens is 337 g/mol. The summed E-state index contributed by atoms with van der Waals surface area (Å²) in [5.74, 6) is -0.814. The number of rotatable bonds is 4. The normalized spacial score (nSPS) is 10.8. The van der Waals surface area contributed by atoms with Gasteiger partial charge >= 0.3 is 5.97 Å². The number of aromatic carboxylic acids is 1. The molecule has 0 bridgehead atoms. The maximum Gasteiger partial charge on any atom is 0.335 e. The zero-order valence-corrected chi connectivity index (χ0v) is 13.3. The van der Waals surface area contributed by atoms with Gasteiger partial charge in [-0.15, -0.1) is 0 Å². The molecular formula is C18H12FN5O2. The second kappa shape index (κ2) is 6.25. The first kappa shape index (κ1) is 15.7. The van der Waals surface area contributed by atoms with E-state index in [2.05, 4.69) is 15.0 Å². The van der Waals surface area contributed by atoms with Crippen molar-refractivity contribution in [2.45, 2.75) is 0 Å². The number of carboxylic acids is 1. The molecule has 0 saturated carbocycles. The topological polar surface area (TPSA) is 83.6 Å². The minimum absolute atomic E-state index is 0.145. The van der Waals surface area contributed by atoms with Crippen LogP contribution < -0.4 is 4.90 Å². The van der Waals surface area contributed by atoms with Gasteiger partial charge in [-0.2, -0.15) is 4.39 Å². The van der Waals surface area contributed by atoms with Gasteiger partial charge in [0.2, 0.25) is 11.9 Å². The largest absolute Gasteiger partial charge is 0.478 e. The lowest BCUT2D eigenvalue weighted by Crippen LogP contribution is -2.16. The molecule has 0 amide bonds. The third-order valence-electron chi connectivity index (χ3n) is 3.82. The van der Waals surface area contributed by atoms with Gasteiger partial charge in [-0.25, -0.2) is 19.7 Å². The van der Waals surface area contributed by atoms with Crippen molar-refractivity contribution in [1.82, 2.24) is 19.4 Å². The fourth-order valence-electron chi connectivity index (χ4n) is 2.65. The minimum atomic E-state index is -1.03. The molecule has 7 nitrogen and oxygen atoms in total. The highest BCUT2D eigenvalue weighted by molar-refractivity contribution is 5.88. The number of benzene rings is 1. The van der Waals surface area contributed by atoms with E-state index in [0.29, 0.717) is 23.1 Å². The van der Waals surface area contributed by atoms with E-state index >= 15 is 0 Å². The maximum absolute atomic E-state index is 14.4. The summed E-state index contributed by atoms with van der Waals surface area (Å²) in [6, 6.07) is 12.4. The molecule has 8 heteroatoms. The first-order valence-corrected chi connectivity index (χ1v) is 7.67. The van der Waals surface area contributed by atoms with E-state index in [1.54, 1.807) is 47.6 Å². The molecule has 1 aromatic carbocycles. The number of anilines is 3. The van der Waals surface area contributed by atoms with E-state index in [1.165, 1.54) is 28.8 Å². The van der Waals surface area contributed by atoms with E-state index in [-0.39, 0.29) is 5.56 Å². The second-order valence-corrected chi connectivity index (χ2v) is 5.39. The van der Waals surface area contributed by atoms with Crippen molar-refractivity contribution in [2.75, 3.05) is 4.90 Å². The monoisotopic (exact) mass is 349 g/mol. The van der Waals surface area contributed by atoms with Crippen molar-refractivity contribution in [2.24, 2.45) is 0 Å². The molecule has 3 heterocycles. The van der Waals surface area contributed by atoms with E-state index in [4.69, 9.17) is 5.11 Å². The zero-order valence-electron chi connectivity index (χ0n) is 13.3. The van der Waals surface area contributed by atoms with Gasteiger partial charge in [-0.1, -0.05) is 6.07 Å². The van der Waals surface area contributed by atoms with Gasteiger partial charge in [-0.3, -0.25) is 9.30 Å². The smallest absolute Gasteiger partial charge is 0.335 e. The molecule has 0 aliphatic rings. The molecule has 0 unspecified atom stereocenters. The first-order valence-electron chi connectivity index (χ1n) is 7.67. The third kappa shape index (κ3) is 2.63. The van der Waals surface area contributed by atoms with E-state index in [0.717, 1.165) is 0 Å². The molecule has 1 N–H and O–H groups in total. The number of carboxylic acid groups (broad SMARTS) is 1. The van der Waals surface area contributed by atoms with E-state index < -0.39 is 11.9 Å². The molecule has 3 aromatic heterocycles. The van der Waals surface area contributed by atoms with Gasteiger partial charge < -0.3 is 5.11 Å². The third-order valence-corrected chi connectivity index (χ3v) is 3.82. The summed E-state index contributed by atoms with van der Waals surface area (Å²) >= 11 is 0. The lowest BCUT2D eigenvalue weighted by molar-refractivity contribution is 0.0697. The Hall–Kier alpha value is -3.81. The van der Waals surface area contributed by atoms with Crippen molar-refractivity contribution in [3.63, 3.8) is 0 Å². The molecule has 0 spiro atoms. The van der Waals surface area contributed by atoms with Crippen LogP contribution in [0.3, 0.4) is 0 Å². The van der Waals surface area contributed by atoms with Crippen LogP contribution in [0.5, 0.6) is 0 Å². The van der Waals surface area contributed by atoms with E-state index in [1.807, 2.05) is 0 Å². The van der Waals surface area contributed by atoms with Crippen LogP contribution in [0.1, 0.15) is 10.4 Å². The summed E-state index contributed by atoms with van der Waals surface area (Å²) < 4.78 is 15.8. The van der Waals surface area contributed by atoms with Gasteiger partial charge in [0.25, 0.3) is 0 Å². The Kier molecular flexibility index (Phi) is 3.77. The van der Waals surface area contributed by atoms with Gasteiger partial charge in [0.15, 0.2) is 0 Å². The number of halogens is 1. The lowest BCUT2D eigenvalue weighted by Gasteiger charge is -2.22. The fourth-order valence-corrected chi connectivity index (χ4v) is 2.65. The van der Waals surface area contributed by atoms with Crippen molar-refractivity contribution < 1.29 is 14.3 Å². The first-order chi connectivity index (χ1) is 12.6. The predicted molar refractivity (Wildman–Crippen MR) is 92.4 cm³/mol. The number of nitrogens with zero attached hydrogens (tertiary/aromatic N) is 5. The van der Waals surface area contributed by atoms with Crippen molar-refractivity contribution in [3.05, 3.63) is 78.6 Å². The number of carbonyl (C=O) groups is 1. The number of fused-ring (bicyclic) bond motifs is 1. The zero-order chi connectivity index (χ0) is 18.1. The summed E-state index contributed by atoms with van der Waals surface area (Å²) in [5.41, 5.74) is 1.15. The van der Waals surface area contributed by atoms with Crippen LogP contribution in [-0.4, -0.2) is 30.4 Å². The molecule has 4 rings (SSSR count). The average Bonchev–Trinajstić information content (AvgIpc) is 3.08. The molecule has 0 aliphatic carbocycles. The average molecular weight is 349 g/mol. The molecule has 0 saturated heterocycles. The van der Waals surface area contributed by atoms with Gasteiger partial charge in [-0.05, 0) is 42.5 Å². The number of hydrogen-bond donors (Lipinski definition) is 1. The molecule has 26 heavy (non-hydrogen) atoms. The Balaban J connectivity index is 1.93. The molecule has 4 aromatic rings. The fraction of sp³-hybridized carbons (Fsp3) is 0. The summed E-state index contributed by atoms with van der Waals surface area (Å²) in [5, 5.41) is 9.09. The minimum Gasteiger partial charge on any atom is -0.478 e. The summed E-state index contributed by atoms with van der Waals surface area (Å²) in [4.78, 5) is 25.4. The van der Waals surface area contributed by atoms with Crippen LogP contribution in [0.4, 0.5) is 21.8 Å². The predicted octanol–water partition coefficient (Wildman–Crippen LogP) is 3.43. The number of pyridine rings is 1. The van der Waals surface area contributed by atoms with Crippen LogP contribution in [0.25, 0.3) is 5.65 Å². The van der Waals surface area contributed by atoms with Gasteiger partial charge in [0.1, 0.15) is 11.5 Å². The standard InChI is InChI=1S/C18H12FN5O2/c19-14-3-1-4-15-22-11-16(24(14)15)23(18-20-9-2-10-21-18)13-7-5-12(6-8-13)17(25)26/h1-11H,(H,25,26). The number of imidazole rings is 1. The van der Waals surface area contributed by atoms with Crippen LogP contribution in [0.2, 0.25) is 0 Å². The second-order valence-electron chi connectivity index (χ2n) is 5.39. The summed E-state index contributed by atoms with van der Waals surface area (Å²) in [6.07, 6.45) is 4.65. The Morgan fingerprint density at radius 2 is 1.73 bits per heavy atom. The Morgan fingerprint density at radius 3 is 2.42 bits per heavy atom. The SMILES string of the molecule is O=C(O)c1ccc(N(c2ncccn2)c2cnc3cccc(F)n23)cc1. The molecule has 0 atom stereocenters. The van der Waals surface area contributed by atoms with Crippen LogP contribution in [-0.2, 0) is 0 Å². The highest BCUT2D eigenvalue weighted by Crippen LogP contribution is 2.32. The number of aromatic nitrogens is 4. The number of hydrogen-bond acceptors (Lipinski definition) is 5. The highest BCUT2D eigenvalue weighted by Gasteiger charge is 2.20. The molecule has 0 aliphatic heterocycles. The van der Waals surface area contributed by atoms with E-state index in [9.17, 15) is 9.18 Å². The van der Waals surface area contributed by atoms with Crippen molar-refractivity contribution in [3.8, 4) is 0 Å². The van der Waals surface area contributed by atoms with Gasteiger partial charge in [0, 0.05) is 12.4 Å². The van der Waals surface area contributed by atoms with Crippen LogP contribution >= 0.6 is 0 Å². The molecule has 128 valence electrons. The highest BCUT2D eigenvalue weighted by atomic mass is 19.1. The van der Waals surface area contributed by atoms with Crippen molar-refractivity contribution in [1.29, 1.82) is 0 Å². The lowest BCUT2D eigenvalue weighted by atomic mass is 10.2. The Bertz CT molecular complexity index is 1080. The quantitative estimate of drug-likeness (QED) is 0.568. The molecule has 0 fully saturated rings. The summed E-state index contributed by atoms with van der Waals surface area (Å²) in [6.45, 7) is 0. The Morgan fingerprint density at radius 1 is 1.00 bits per heavy atom.